The molecule has 37 heavy (non-hydrogen) atoms. The van der Waals surface area contributed by atoms with Crippen molar-refractivity contribution in [3.05, 3.63) is 59.4 Å². The molecule has 2 aromatic heterocycles. The Kier molecular flexibility index (Phi) is 7.53. The van der Waals surface area contributed by atoms with E-state index in [4.69, 9.17) is 14.0 Å². The van der Waals surface area contributed by atoms with Crippen LogP contribution < -0.4 is 19.5 Å². The number of sulfonamides is 1. The van der Waals surface area contributed by atoms with Gasteiger partial charge in [-0.05, 0) is 36.2 Å². The summed E-state index contributed by atoms with van der Waals surface area (Å²) in [5.74, 6) is 0.739. The number of alkyl carbamates (subject to hydrolysis) is 1. The molecule has 0 aliphatic carbocycles. The molecule has 12 nitrogen and oxygen atoms in total. The smallest absolute Gasteiger partial charge is 0.407 e. The van der Waals surface area contributed by atoms with Gasteiger partial charge in [0.2, 0.25) is 0 Å². The molecule has 0 unspecified atom stereocenters. The van der Waals surface area contributed by atoms with Gasteiger partial charge < -0.3 is 24.1 Å². The number of nitrogens with zero attached hydrogens (tertiary/aromatic N) is 3. The summed E-state index contributed by atoms with van der Waals surface area (Å²) in [6.45, 7) is 2.53. The number of anilines is 1. The molecule has 4 aromatic rings. The summed E-state index contributed by atoms with van der Waals surface area (Å²) in [5, 5.41) is 11.3. The van der Waals surface area contributed by atoms with Crippen molar-refractivity contribution in [1.82, 2.24) is 20.3 Å². The molecule has 0 radical (unpaired) electrons. The third-order valence-electron chi connectivity index (χ3n) is 5.67. The summed E-state index contributed by atoms with van der Waals surface area (Å²) in [7, 11) is 0.188. The summed E-state index contributed by atoms with van der Waals surface area (Å²) >= 11 is 0. The van der Waals surface area contributed by atoms with Crippen molar-refractivity contribution < 1.29 is 31.9 Å². The number of carbonyl (C=O) groups is 1. The highest BCUT2D eigenvalue weighted by Crippen LogP contribution is 2.33. The van der Waals surface area contributed by atoms with Gasteiger partial charge in [-0.25, -0.2) is 13.2 Å². The minimum Gasteiger partial charge on any atom is -0.496 e. The number of aromatic nitrogens is 3. The SMILES string of the molecule is CCc1ccc(OC)c(S(=O)(=O)Nc2noc3cc(Cn4cc(CNC(=O)OC)cn4)c(OC)cc23)c1. The second-order valence-electron chi connectivity index (χ2n) is 8.03. The van der Waals surface area contributed by atoms with Crippen LogP contribution in [0.2, 0.25) is 0 Å². The zero-order chi connectivity index (χ0) is 26.6. The second kappa shape index (κ2) is 10.8. The third kappa shape index (κ3) is 5.61. The summed E-state index contributed by atoms with van der Waals surface area (Å²) < 4.78 is 51.4. The normalized spacial score (nSPS) is 11.4. The lowest BCUT2D eigenvalue weighted by molar-refractivity contribution is 0.170. The number of methoxy groups -OCH3 is 3. The molecule has 2 N–H and O–H groups in total. The number of nitrogens with one attached hydrogen (secondary N) is 2. The van der Waals surface area contributed by atoms with Gasteiger partial charge in [-0.15, -0.1) is 0 Å². The van der Waals surface area contributed by atoms with Gasteiger partial charge >= 0.3 is 6.09 Å². The topological polar surface area (TPSA) is 147 Å². The summed E-state index contributed by atoms with van der Waals surface area (Å²) in [6, 6.07) is 8.37. The fourth-order valence-corrected chi connectivity index (χ4v) is 4.97. The van der Waals surface area contributed by atoms with E-state index in [9.17, 15) is 13.2 Å². The van der Waals surface area contributed by atoms with Crippen molar-refractivity contribution in [3.63, 3.8) is 0 Å². The largest absolute Gasteiger partial charge is 0.496 e. The van der Waals surface area contributed by atoms with Gasteiger partial charge in [-0.3, -0.25) is 9.40 Å². The van der Waals surface area contributed by atoms with Crippen molar-refractivity contribution in [3.8, 4) is 11.5 Å². The Balaban J connectivity index is 1.60. The maximum absolute atomic E-state index is 13.2. The van der Waals surface area contributed by atoms with Gasteiger partial charge in [0.15, 0.2) is 11.4 Å². The van der Waals surface area contributed by atoms with Gasteiger partial charge in [0.05, 0.1) is 39.5 Å². The van der Waals surface area contributed by atoms with Crippen molar-refractivity contribution >= 4 is 32.9 Å². The molecule has 1 amide bonds. The predicted molar refractivity (Wildman–Crippen MR) is 134 cm³/mol. The first kappa shape index (κ1) is 25.8. The second-order valence-corrected chi connectivity index (χ2v) is 9.68. The van der Waals surface area contributed by atoms with Crippen LogP contribution in [0.25, 0.3) is 11.0 Å². The van der Waals surface area contributed by atoms with Gasteiger partial charge in [-0.2, -0.15) is 5.10 Å². The quantitative estimate of drug-likeness (QED) is 0.316. The molecule has 2 aromatic carbocycles. The Labute approximate surface area is 213 Å². The lowest BCUT2D eigenvalue weighted by atomic mass is 10.1. The predicted octanol–water partition coefficient (Wildman–Crippen LogP) is 3.31. The number of hydrogen-bond donors (Lipinski definition) is 2. The fraction of sp³-hybridized carbons (Fsp3) is 0.292. The van der Waals surface area contributed by atoms with Crippen LogP contribution >= 0.6 is 0 Å². The van der Waals surface area contributed by atoms with Crippen LogP contribution in [0.1, 0.15) is 23.6 Å². The van der Waals surface area contributed by atoms with E-state index in [0.29, 0.717) is 29.7 Å². The van der Waals surface area contributed by atoms with E-state index >= 15 is 0 Å². The highest BCUT2D eigenvalue weighted by Gasteiger charge is 2.24. The highest BCUT2D eigenvalue weighted by molar-refractivity contribution is 7.92. The number of benzene rings is 2. The monoisotopic (exact) mass is 529 g/mol. The van der Waals surface area contributed by atoms with Gasteiger partial charge in [0, 0.05) is 23.9 Å². The van der Waals surface area contributed by atoms with Crippen molar-refractivity contribution in [1.29, 1.82) is 0 Å². The van der Waals surface area contributed by atoms with Crippen molar-refractivity contribution in [2.75, 3.05) is 26.1 Å². The van der Waals surface area contributed by atoms with E-state index in [1.807, 2.05) is 13.0 Å². The standard InChI is InChI=1S/C24H27N5O7S/c1-5-15-6-7-19(33-2)22(8-15)37(31,32)28-23-18-10-20(34-3)17(9-21(18)36-27-23)14-29-13-16(12-26-29)11-25-24(30)35-4/h6-10,12-13H,5,11,14H2,1-4H3,(H,25,30)(H,27,28). The number of fused-ring (bicyclic) bond motifs is 1. The van der Waals surface area contributed by atoms with E-state index in [2.05, 4.69) is 25.0 Å². The van der Waals surface area contributed by atoms with Gasteiger partial charge in [0.25, 0.3) is 10.0 Å². The molecule has 0 saturated carbocycles. The van der Waals surface area contributed by atoms with E-state index < -0.39 is 16.1 Å². The van der Waals surface area contributed by atoms with E-state index in [0.717, 1.165) is 16.7 Å². The molecule has 0 bridgehead atoms. The Hall–Kier alpha value is -4.26. The number of carbonyl (C=O) groups excluding carboxylic acids is 1. The van der Waals surface area contributed by atoms with Crippen LogP contribution in [0.4, 0.5) is 10.6 Å². The van der Waals surface area contributed by atoms with Crippen LogP contribution in [0.15, 0.2) is 52.1 Å². The van der Waals surface area contributed by atoms with E-state index in [-0.39, 0.29) is 23.0 Å². The van der Waals surface area contributed by atoms with Gasteiger partial charge in [-0.1, -0.05) is 18.1 Å². The average molecular weight is 530 g/mol. The molecular weight excluding hydrogens is 502 g/mol. The molecule has 0 fully saturated rings. The number of aryl methyl sites for hydroxylation is 1. The average Bonchev–Trinajstić information content (AvgIpc) is 3.52. The van der Waals surface area contributed by atoms with Crippen molar-refractivity contribution in [2.45, 2.75) is 31.3 Å². The molecular formula is C24H27N5O7S. The maximum atomic E-state index is 13.2. The highest BCUT2D eigenvalue weighted by atomic mass is 32.2. The van der Waals surface area contributed by atoms with E-state index in [1.165, 1.54) is 21.3 Å². The number of amides is 1. The Morgan fingerprint density at radius 2 is 1.86 bits per heavy atom. The van der Waals surface area contributed by atoms with Crippen LogP contribution in [0.3, 0.4) is 0 Å². The van der Waals surface area contributed by atoms with Crippen LogP contribution in [-0.2, 0) is 34.3 Å². The Bertz CT molecular complexity index is 1530. The van der Waals surface area contributed by atoms with Crippen LogP contribution in [0.5, 0.6) is 11.5 Å². The first-order valence-corrected chi connectivity index (χ1v) is 12.8. The third-order valence-corrected chi connectivity index (χ3v) is 7.03. The molecule has 0 spiro atoms. The molecule has 13 heteroatoms. The molecule has 2 heterocycles. The summed E-state index contributed by atoms with van der Waals surface area (Å²) in [5.41, 5.74) is 2.72. The first-order valence-electron chi connectivity index (χ1n) is 11.3. The number of rotatable bonds is 10. The van der Waals surface area contributed by atoms with Crippen LogP contribution in [-0.4, -0.2) is 50.8 Å². The Morgan fingerprint density at radius 1 is 1.08 bits per heavy atom. The lowest BCUT2D eigenvalue weighted by Gasteiger charge is -2.12. The molecule has 0 atom stereocenters. The minimum absolute atomic E-state index is 0.00487. The zero-order valence-corrected chi connectivity index (χ0v) is 21.6. The Morgan fingerprint density at radius 3 is 2.57 bits per heavy atom. The first-order chi connectivity index (χ1) is 17.8. The van der Waals surface area contributed by atoms with Crippen LogP contribution in [0, 0.1) is 0 Å². The molecule has 0 aliphatic heterocycles. The zero-order valence-electron chi connectivity index (χ0n) is 20.8. The summed E-state index contributed by atoms with van der Waals surface area (Å²) in [4.78, 5) is 11.3. The van der Waals surface area contributed by atoms with Gasteiger partial charge in [0.1, 0.15) is 16.4 Å². The molecule has 0 aliphatic rings. The fourth-order valence-electron chi connectivity index (χ4n) is 3.73. The van der Waals surface area contributed by atoms with E-state index in [1.54, 1.807) is 41.3 Å². The summed E-state index contributed by atoms with van der Waals surface area (Å²) in [6.07, 6.45) is 3.54. The molecule has 4 rings (SSSR count). The van der Waals surface area contributed by atoms with Crippen molar-refractivity contribution in [2.24, 2.45) is 0 Å². The number of ether oxygens (including phenoxy) is 3. The minimum atomic E-state index is -4.03. The molecule has 196 valence electrons. The maximum Gasteiger partial charge on any atom is 0.407 e. The number of hydrogen-bond acceptors (Lipinski definition) is 9. The lowest BCUT2D eigenvalue weighted by Crippen LogP contribution is -2.21. The molecule has 0 saturated heterocycles.